The summed E-state index contributed by atoms with van der Waals surface area (Å²) in [5, 5.41) is 12.2. The summed E-state index contributed by atoms with van der Waals surface area (Å²) in [4.78, 5) is 20.0. The summed E-state index contributed by atoms with van der Waals surface area (Å²) in [5.74, 6) is -0.794. The van der Waals surface area contributed by atoms with E-state index in [-0.39, 0.29) is 12.8 Å². The third kappa shape index (κ3) is 4.50. The molecule has 7 nitrogen and oxygen atoms in total. The average Bonchev–Trinajstić information content (AvgIpc) is 2.83. The second-order valence-electron chi connectivity index (χ2n) is 4.23. The third-order valence-electron chi connectivity index (χ3n) is 2.69. The lowest BCUT2D eigenvalue weighted by atomic mass is 10.3. The van der Waals surface area contributed by atoms with Crippen LogP contribution in [0.3, 0.4) is 0 Å². The smallest absolute Gasteiger partial charge is 0.371 e. The zero-order chi connectivity index (χ0) is 14.3. The lowest BCUT2D eigenvalue weighted by Gasteiger charge is -2.26. The van der Waals surface area contributed by atoms with Crippen LogP contribution in [-0.2, 0) is 14.4 Å². The Morgan fingerprint density at radius 1 is 1.58 bits per heavy atom. The highest BCUT2D eigenvalue weighted by molar-refractivity contribution is 6.42. The summed E-state index contributed by atoms with van der Waals surface area (Å²) in [6.45, 7) is 5.26. The van der Waals surface area contributed by atoms with Crippen LogP contribution in [0.1, 0.15) is 19.8 Å². The predicted octanol–water partition coefficient (Wildman–Crippen LogP) is 0.425. The number of ether oxygens (including phenoxy) is 1. The molecule has 1 unspecified atom stereocenters. The van der Waals surface area contributed by atoms with Gasteiger partial charge in [0.2, 0.25) is 0 Å². The van der Waals surface area contributed by atoms with Gasteiger partial charge < -0.3 is 9.57 Å². The SMILES string of the molecule is CCOC(=O)C(C#N)=NO[C]N1CCCC1N(C)C. The molecule has 0 bridgehead atoms. The van der Waals surface area contributed by atoms with Gasteiger partial charge in [0.15, 0.2) is 0 Å². The first kappa shape index (κ1) is 15.4. The van der Waals surface area contributed by atoms with Crippen molar-refractivity contribution in [3.63, 3.8) is 0 Å². The molecule has 1 aliphatic rings. The number of hydrogen-bond acceptors (Lipinski definition) is 7. The second kappa shape index (κ2) is 7.71. The second-order valence-corrected chi connectivity index (χ2v) is 4.23. The van der Waals surface area contributed by atoms with Gasteiger partial charge in [-0.25, -0.2) is 9.69 Å². The molecule has 7 heteroatoms. The molecule has 0 N–H and O–H groups in total. The monoisotopic (exact) mass is 266 g/mol. The van der Waals surface area contributed by atoms with E-state index in [0.717, 1.165) is 19.4 Å². The summed E-state index contributed by atoms with van der Waals surface area (Å²) in [7, 11) is 3.93. The van der Waals surface area contributed by atoms with Gasteiger partial charge in [0, 0.05) is 6.54 Å². The van der Waals surface area contributed by atoms with Gasteiger partial charge >= 0.3 is 12.7 Å². The molecule has 0 aromatic carbocycles. The van der Waals surface area contributed by atoms with Crippen LogP contribution in [0.25, 0.3) is 0 Å². The molecule has 1 saturated heterocycles. The van der Waals surface area contributed by atoms with Crippen LogP contribution < -0.4 is 0 Å². The molecule has 1 aliphatic heterocycles. The van der Waals surface area contributed by atoms with Crippen molar-refractivity contribution >= 4 is 11.7 Å². The van der Waals surface area contributed by atoms with E-state index >= 15 is 0 Å². The lowest BCUT2D eigenvalue weighted by molar-refractivity contribution is -0.135. The van der Waals surface area contributed by atoms with Crippen LogP contribution >= 0.6 is 0 Å². The highest BCUT2D eigenvalue weighted by atomic mass is 16.6. The average molecular weight is 266 g/mol. The van der Waals surface area contributed by atoms with Gasteiger partial charge in [0.05, 0.1) is 12.8 Å². The summed E-state index contributed by atoms with van der Waals surface area (Å²) >= 11 is 0. The number of hydrogen-bond donors (Lipinski definition) is 0. The van der Waals surface area contributed by atoms with E-state index < -0.39 is 11.7 Å². The number of rotatable bonds is 6. The van der Waals surface area contributed by atoms with Crippen LogP contribution in [-0.4, -0.2) is 54.9 Å². The summed E-state index contributed by atoms with van der Waals surface area (Å²) in [6, 6.07) is 1.63. The molecule has 0 spiro atoms. The third-order valence-corrected chi connectivity index (χ3v) is 2.69. The highest BCUT2D eigenvalue weighted by Gasteiger charge is 2.28. The Labute approximate surface area is 113 Å². The van der Waals surface area contributed by atoms with Crippen LogP contribution in [0.4, 0.5) is 0 Å². The molecule has 1 rings (SSSR count). The molecule has 1 atom stereocenters. The van der Waals surface area contributed by atoms with Crippen LogP contribution in [0.2, 0.25) is 0 Å². The molecule has 0 aromatic heterocycles. The van der Waals surface area contributed by atoms with E-state index in [4.69, 9.17) is 10.1 Å². The Morgan fingerprint density at radius 2 is 2.32 bits per heavy atom. The summed E-state index contributed by atoms with van der Waals surface area (Å²) < 4.78 is 4.65. The van der Waals surface area contributed by atoms with E-state index in [1.807, 2.05) is 23.9 Å². The van der Waals surface area contributed by atoms with Crippen molar-refractivity contribution in [2.75, 3.05) is 27.2 Å². The minimum atomic E-state index is -0.794. The molecular formula is C12H18N4O3. The lowest BCUT2D eigenvalue weighted by Crippen LogP contribution is -2.39. The van der Waals surface area contributed by atoms with Crippen molar-refractivity contribution in [1.29, 1.82) is 5.26 Å². The van der Waals surface area contributed by atoms with Gasteiger partial charge in [-0.15, -0.1) is 0 Å². The maximum absolute atomic E-state index is 11.3. The van der Waals surface area contributed by atoms with Gasteiger partial charge in [0.25, 0.3) is 5.71 Å². The number of esters is 1. The fraction of sp³-hybridized carbons (Fsp3) is 0.667. The quantitative estimate of drug-likeness (QED) is 0.394. The van der Waals surface area contributed by atoms with Crippen molar-refractivity contribution in [3.05, 3.63) is 6.73 Å². The Hall–Kier alpha value is -1.65. The maximum atomic E-state index is 11.3. The van der Waals surface area contributed by atoms with Crippen LogP contribution in [0, 0.1) is 18.1 Å². The number of carbonyl (C=O) groups excluding carboxylic acids is 1. The molecule has 104 valence electrons. The number of carbonyl (C=O) groups is 1. The predicted molar refractivity (Wildman–Crippen MR) is 67.4 cm³/mol. The van der Waals surface area contributed by atoms with Crippen molar-refractivity contribution in [3.8, 4) is 6.07 Å². The topological polar surface area (TPSA) is 78.2 Å². The fourth-order valence-electron chi connectivity index (χ4n) is 1.81. The Balaban J connectivity index is 2.47. The van der Waals surface area contributed by atoms with Crippen molar-refractivity contribution < 1.29 is 14.4 Å². The van der Waals surface area contributed by atoms with Crippen molar-refractivity contribution in [2.45, 2.75) is 25.9 Å². The van der Waals surface area contributed by atoms with Gasteiger partial charge in [0.1, 0.15) is 6.07 Å². The zero-order valence-electron chi connectivity index (χ0n) is 11.4. The molecule has 2 radical (unpaired) electrons. The van der Waals surface area contributed by atoms with Gasteiger partial charge in [-0.05, 0) is 33.9 Å². The maximum Gasteiger partial charge on any atom is 0.371 e. The zero-order valence-corrected chi connectivity index (χ0v) is 11.4. The van der Waals surface area contributed by atoms with E-state index in [9.17, 15) is 4.79 Å². The standard InChI is InChI=1S/C12H18N4O3/c1-4-18-12(17)10(8-13)14-19-9-16-7-5-6-11(16)15(2)3/h11H,4-7H2,1-3H3. The molecule has 1 fully saturated rings. The van der Waals surface area contributed by atoms with Crippen LogP contribution in [0.15, 0.2) is 5.16 Å². The van der Waals surface area contributed by atoms with E-state index in [1.165, 1.54) is 0 Å². The first-order valence-electron chi connectivity index (χ1n) is 6.10. The number of likely N-dealkylation sites (tertiary alicyclic amines) is 1. The summed E-state index contributed by atoms with van der Waals surface area (Å²) in [5.41, 5.74) is -0.421. The molecule has 0 aromatic rings. The van der Waals surface area contributed by atoms with Gasteiger partial charge in [-0.3, -0.25) is 4.90 Å². The number of oxime groups is 1. The largest absolute Gasteiger partial charge is 0.461 e. The first-order valence-corrected chi connectivity index (χ1v) is 6.10. The molecular weight excluding hydrogens is 248 g/mol. The number of nitriles is 1. The number of nitrogens with zero attached hydrogens (tertiary/aromatic N) is 4. The highest BCUT2D eigenvalue weighted by Crippen LogP contribution is 2.20. The van der Waals surface area contributed by atoms with Crippen molar-refractivity contribution in [2.24, 2.45) is 5.16 Å². The Morgan fingerprint density at radius 3 is 2.89 bits per heavy atom. The molecule has 0 saturated carbocycles. The minimum absolute atomic E-state index is 0.182. The van der Waals surface area contributed by atoms with Gasteiger partial charge in [-0.1, -0.05) is 5.16 Å². The van der Waals surface area contributed by atoms with Gasteiger partial charge in [-0.2, -0.15) is 5.26 Å². The van der Waals surface area contributed by atoms with Crippen molar-refractivity contribution in [1.82, 2.24) is 9.80 Å². The first-order chi connectivity index (χ1) is 9.10. The molecule has 19 heavy (non-hydrogen) atoms. The minimum Gasteiger partial charge on any atom is -0.461 e. The van der Waals surface area contributed by atoms with E-state index in [0.29, 0.717) is 0 Å². The molecule has 0 amide bonds. The fourth-order valence-corrected chi connectivity index (χ4v) is 1.81. The normalized spacial score (nSPS) is 20.4. The molecule has 0 aliphatic carbocycles. The Bertz CT molecular complexity index is 376. The van der Waals surface area contributed by atoms with Crippen LogP contribution in [0.5, 0.6) is 0 Å². The molecule has 1 heterocycles. The van der Waals surface area contributed by atoms with E-state index in [2.05, 4.69) is 16.6 Å². The van der Waals surface area contributed by atoms with E-state index in [1.54, 1.807) is 13.0 Å². The Kier molecular flexibility index (Phi) is 6.25. The summed E-state index contributed by atoms with van der Waals surface area (Å²) in [6.07, 6.45) is 2.24.